The van der Waals surface area contributed by atoms with Gasteiger partial charge in [-0.15, -0.1) is 0 Å². The van der Waals surface area contributed by atoms with E-state index < -0.39 is 17.2 Å². The summed E-state index contributed by atoms with van der Waals surface area (Å²) < 4.78 is 32.5. The normalized spacial score (nSPS) is 15.3. The van der Waals surface area contributed by atoms with E-state index in [-0.39, 0.29) is 22.7 Å². The summed E-state index contributed by atoms with van der Waals surface area (Å²) in [6, 6.07) is 3.22. The molecule has 1 aromatic carbocycles. The Labute approximate surface area is 185 Å². The Morgan fingerprint density at radius 1 is 1.26 bits per heavy atom. The van der Waals surface area contributed by atoms with E-state index in [2.05, 4.69) is 4.74 Å². The van der Waals surface area contributed by atoms with E-state index in [4.69, 9.17) is 21.1 Å². The molecule has 1 unspecified atom stereocenters. The highest BCUT2D eigenvalue weighted by atomic mass is 35.5. The smallest absolute Gasteiger partial charge is 0.343 e. The van der Waals surface area contributed by atoms with Crippen LogP contribution in [0.5, 0.6) is 5.75 Å². The number of methoxy groups -OCH3 is 2. The second-order valence-corrected chi connectivity index (χ2v) is 9.06. The van der Waals surface area contributed by atoms with E-state index in [1.807, 2.05) is 26.8 Å². The Morgan fingerprint density at radius 2 is 1.97 bits per heavy atom. The molecule has 1 aliphatic rings. The zero-order valence-electron chi connectivity index (χ0n) is 18.4. The molecular formula is C23H27ClFNO5. The number of hydrogen-bond donors (Lipinski definition) is 0. The van der Waals surface area contributed by atoms with Gasteiger partial charge >= 0.3 is 5.97 Å². The van der Waals surface area contributed by atoms with Crippen LogP contribution in [-0.4, -0.2) is 38.0 Å². The van der Waals surface area contributed by atoms with Crippen LogP contribution in [0.15, 0.2) is 23.1 Å². The summed E-state index contributed by atoms with van der Waals surface area (Å²) in [5.74, 6) is -1.36. The SMILES string of the molecule is COCCCOc1cc2c(cc1Cl)-c1c(F)c(=O)c(C(=O)OC)cn1C(C(C)(C)C)C2. The molecule has 1 aromatic heterocycles. The van der Waals surface area contributed by atoms with Gasteiger partial charge < -0.3 is 18.8 Å². The van der Waals surface area contributed by atoms with Gasteiger partial charge in [-0.2, -0.15) is 0 Å². The van der Waals surface area contributed by atoms with Crippen molar-refractivity contribution in [3.8, 4) is 17.0 Å². The van der Waals surface area contributed by atoms with Crippen molar-refractivity contribution in [1.29, 1.82) is 0 Å². The summed E-state index contributed by atoms with van der Waals surface area (Å²) in [7, 11) is 2.78. The second-order valence-electron chi connectivity index (χ2n) is 8.65. The summed E-state index contributed by atoms with van der Waals surface area (Å²) in [6.07, 6.45) is 2.66. The van der Waals surface area contributed by atoms with Crippen molar-refractivity contribution in [1.82, 2.24) is 4.57 Å². The third-order valence-corrected chi connectivity index (χ3v) is 5.79. The van der Waals surface area contributed by atoms with Crippen molar-refractivity contribution in [3.05, 3.63) is 50.5 Å². The van der Waals surface area contributed by atoms with Crippen molar-refractivity contribution in [2.24, 2.45) is 5.41 Å². The maximum atomic E-state index is 15.4. The average molecular weight is 452 g/mol. The van der Waals surface area contributed by atoms with Gasteiger partial charge in [-0.25, -0.2) is 9.18 Å². The van der Waals surface area contributed by atoms with Crippen molar-refractivity contribution in [2.75, 3.05) is 27.4 Å². The zero-order chi connectivity index (χ0) is 22.9. The lowest BCUT2D eigenvalue weighted by atomic mass is 9.78. The number of rotatable bonds is 6. The van der Waals surface area contributed by atoms with E-state index in [1.165, 1.54) is 6.20 Å². The topological polar surface area (TPSA) is 66.8 Å². The highest BCUT2D eigenvalue weighted by molar-refractivity contribution is 6.32. The predicted octanol–water partition coefficient (Wildman–Crippen LogP) is 4.65. The fourth-order valence-electron chi connectivity index (χ4n) is 3.87. The maximum Gasteiger partial charge on any atom is 0.343 e. The minimum atomic E-state index is -0.997. The molecule has 31 heavy (non-hydrogen) atoms. The van der Waals surface area contributed by atoms with Gasteiger partial charge in [0.05, 0.1) is 24.4 Å². The van der Waals surface area contributed by atoms with Crippen LogP contribution in [0.2, 0.25) is 5.02 Å². The number of esters is 1. The Kier molecular flexibility index (Phi) is 6.76. The van der Waals surface area contributed by atoms with Gasteiger partial charge in [0.1, 0.15) is 11.3 Å². The van der Waals surface area contributed by atoms with Crippen LogP contribution in [0, 0.1) is 11.2 Å². The van der Waals surface area contributed by atoms with Crippen LogP contribution in [0.25, 0.3) is 11.3 Å². The summed E-state index contributed by atoms with van der Waals surface area (Å²) in [4.78, 5) is 24.7. The molecule has 168 valence electrons. The number of benzene rings is 1. The van der Waals surface area contributed by atoms with Gasteiger partial charge in [0, 0.05) is 37.9 Å². The zero-order valence-corrected chi connectivity index (χ0v) is 19.1. The van der Waals surface area contributed by atoms with Crippen LogP contribution in [0.3, 0.4) is 0 Å². The Hall–Kier alpha value is -2.38. The van der Waals surface area contributed by atoms with Crippen LogP contribution < -0.4 is 10.2 Å². The maximum absolute atomic E-state index is 15.4. The second kappa shape index (κ2) is 9.01. The highest BCUT2D eigenvalue weighted by Crippen LogP contribution is 2.45. The molecule has 0 radical (unpaired) electrons. The number of carbonyl (C=O) groups is 1. The Balaban J connectivity index is 2.18. The van der Waals surface area contributed by atoms with Gasteiger partial charge in [0.15, 0.2) is 5.82 Å². The molecule has 8 heteroatoms. The number of nitrogens with zero attached hydrogens (tertiary/aromatic N) is 1. The number of fused-ring (bicyclic) bond motifs is 3. The van der Waals surface area contributed by atoms with Gasteiger partial charge in [0.25, 0.3) is 0 Å². The van der Waals surface area contributed by atoms with Crippen LogP contribution in [-0.2, 0) is 15.9 Å². The molecule has 0 amide bonds. The van der Waals surface area contributed by atoms with E-state index in [0.29, 0.717) is 42.4 Å². The Bertz CT molecular complexity index is 1060. The molecule has 0 N–H and O–H groups in total. The quantitative estimate of drug-likeness (QED) is 0.472. The van der Waals surface area contributed by atoms with Gasteiger partial charge in [-0.05, 0) is 29.5 Å². The molecular weight excluding hydrogens is 425 g/mol. The summed E-state index contributed by atoms with van der Waals surface area (Å²) in [5.41, 5.74) is -0.150. The molecule has 0 aliphatic carbocycles. The minimum absolute atomic E-state index is 0.117. The van der Waals surface area contributed by atoms with Crippen molar-refractivity contribution in [2.45, 2.75) is 39.7 Å². The van der Waals surface area contributed by atoms with Gasteiger partial charge in [0.2, 0.25) is 5.43 Å². The van der Waals surface area contributed by atoms with Gasteiger partial charge in [-0.1, -0.05) is 32.4 Å². The van der Waals surface area contributed by atoms with Crippen LogP contribution >= 0.6 is 11.6 Å². The lowest BCUT2D eigenvalue weighted by Gasteiger charge is -2.39. The fraction of sp³-hybridized carbons (Fsp3) is 0.478. The molecule has 6 nitrogen and oxygen atoms in total. The van der Waals surface area contributed by atoms with Gasteiger partial charge in [-0.3, -0.25) is 4.79 Å². The summed E-state index contributed by atoms with van der Waals surface area (Å²) >= 11 is 6.42. The first-order valence-corrected chi connectivity index (χ1v) is 10.5. The van der Waals surface area contributed by atoms with E-state index in [9.17, 15) is 9.59 Å². The van der Waals surface area contributed by atoms with Crippen molar-refractivity contribution in [3.63, 3.8) is 0 Å². The van der Waals surface area contributed by atoms with Crippen LogP contribution in [0.4, 0.5) is 4.39 Å². The van der Waals surface area contributed by atoms with Crippen molar-refractivity contribution < 1.29 is 23.4 Å². The molecule has 2 aromatic rings. The fourth-order valence-corrected chi connectivity index (χ4v) is 4.09. The van der Waals surface area contributed by atoms with E-state index in [0.717, 1.165) is 12.7 Å². The number of carbonyl (C=O) groups excluding carboxylic acids is 1. The summed E-state index contributed by atoms with van der Waals surface area (Å²) in [5, 5.41) is 0.320. The third-order valence-electron chi connectivity index (χ3n) is 5.50. The third kappa shape index (κ3) is 4.48. The number of hydrogen-bond acceptors (Lipinski definition) is 5. The minimum Gasteiger partial charge on any atom is -0.492 e. The Morgan fingerprint density at radius 3 is 2.58 bits per heavy atom. The van der Waals surface area contributed by atoms with Crippen molar-refractivity contribution >= 4 is 17.6 Å². The first-order chi connectivity index (χ1) is 14.6. The predicted molar refractivity (Wildman–Crippen MR) is 117 cm³/mol. The lowest BCUT2D eigenvalue weighted by Crippen LogP contribution is -2.34. The standard InChI is InChI=1S/C23H27ClFNO5/c1-23(2,3)18-10-13-9-17(31-8-6-7-29-4)16(24)11-14(13)20-19(25)21(27)15(12-26(18)20)22(28)30-5/h9,11-12,18H,6-8,10H2,1-5H3. The molecule has 0 bridgehead atoms. The number of ether oxygens (including phenoxy) is 3. The largest absolute Gasteiger partial charge is 0.492 e. The molecule has 2 heterocycles. The molecule has 0 spiro atoms. The van der Waals surface area contributed by atoms with Crippen LogP contribution in [0.1, 0.15) is 49.2 Å². The summed E-state index contributed by atoms with van der Waals surface area (Å²) in [6.45, 7) is 7.08. The molecule has 1 atom stereocenters. The molecule has 0 fully saturated rings. The number of pyridine rings is 1. The highest BCUT2D eigenvalue weighted by Gasteiger charge is 2.36. The molecule has 3 rings (SSSR count). The number of aromatic nitrogens is 1. The molecule has 0 saturated heterocycles. The van der Waals surface area contributed by atoms with E-state index in [1.54, 1.807) is 17.7 Å². The molecule has 1 aliphatic heterocycles. The number of halogens is 2. The first-order valence-electron chi connectivity index (χ1n) is 10.1. The monoisotopic (exact) mass is 451 g/mol. The average Bonchev–Trinajstić information content (AvgIpc) is 2.71. The lowest BCUT2D eigenvalue weighted by molar-refractivity contribution is 0.0596. The van der Waals surface area contributed by atoms with E-state index >= 15 is 4.39 Å². The molecule has 0 saturated carbocycles. The first kappa shape index (κ1) is 23.3.